The fraction of sp³-hybridized carbons (Fsp3) is 0.619. The molecule has 160 valence electrons. The van der Waals surface area contributed by atoms with Gasteiger partial charge in [0.25, 0.3) is 5.91 Å². The number of aliphatic hydroxyl groups is 1. The standard InChI is InChI=1S/C21H29F2N3O3/c1-15(27)24-17-5-10-25(11-6-17)14-21(29)7-2-9-26(12-8-21)20(28)18-13-16(22)3-4-19(18)23/h3-4,13,17,29H,2,5-12,14H2,1H3,(H,24,27)/t21-/m0/s1. The Labute approximate surface area is 169 Å². The van der Waals surface area contributed by atoms with Crippen molar-refractivity contribution in [2.75, 3.05) is 32.7 Å². The first-order chi connectivity index (χ1) is 13.8. The van der Waals surface area contributed by atoms with Gasteiger partial charge in [-0.05, 0) is 50.3 Å². The Morgan fingerprint density at radius 3 is 2.59 bits per heavy atom. The summed E-state index contributed by atoms with van der Waals surface area (Å²) < 4.78 is 27.4. The van der Waals surface area contributed by atoms with Gasteiger partial charge in [0.2, 0.25) is 5.91 Å². The zero-order chi connectivity index (χ0) is 21.0. The molecule has 0 unspecified atom stereocenters. The van der Waals surface area contributed by atoms with Gasteiger partial charge < -0.3 is 20.2 Å². The molecule has 2 aliphatic heterocycles. The number of amides is 2. The van der Waals surface area contributed by atoms with Crippen molar-refractivity contribution < 1.29 is 23.5 Å². The molecule has 2 amide bonds. The van der Waals surface area contributed by atoms with Crippen LogP contribution in [-0.2, 0) is 4.79 Å². The molecule has 0 aliphatic carbocycles. The molecule has 2 saturated heterocycles. The van der Waals surface area contributed by atoms with Crippen LogP contribution in [0.15, 0.2) is 18.2 Å². The topological polar surface area (TPSA) is 72.9 Å². The first kappa shape index (κ1) is 21.6. The van der Waals surface area contributed by atoms with Crippen molar-refractivity contribution in [1.29, 1.82) is 0 Å². The first-order valence-corrected chi connectivity index (χ1v) is 10.2. The maximum Gasteiger partial charge on any atom is 0.256 e. The van der Waals surface area contributed by atoms with Crippen LogP contribution in [0.4, 0.5) is 8.78 Å². The van der Waals surface area contributed by atoms with Gasteiger partial charge in [0.15, 0.2) is 0 Å². The molecule has 1 aromatic rings. The minimum atomic E-state index is -0.920. The third kappa shape index (κ3) is 5.73. The number of rotatable bonds is 4. The van der Waals surface area contributed by atoms with Gasteiger partial charge in [-0.25, -0.2) is 8.78 Å². The molecule has 29 heavy (non-hydrogen) atoms. The van der Waals surface area contributed by atoms with E-state index in [-0.39, 0.29) is 17.5 Å². The second-order valence-corrected chi connectivity index (χ2v) is 8.25. The van der Waals surface area contributed by atoms with E-state index >= 15 is 0 Å². The fourth-order valence-electron chi connectivity index (χ4n) is 4.31. The Morgan fingerprint density at radius 1 is 1.17 bits per heavy atom. The van der Waals surface area contributed by atoms with Crippen LogP contribution in [0.5, 0.6) is 0 Å². The van der Waals surface area contributed by atoms with Gasteiger partial charge >= 0.3 is 0 Å². The number of piperidine rings is 1. The van der Waals surface area contributed by atoms with Crippen molar-refractivity contribution in [2.24, 2.45) is 0 Å². The molecule has 8 heteroatoms. The van der Waals surface area contributed by atoms with Crippen LogP contribution in [-0.4, -0.2) is 71.1 Å². The third-order valence-corrected chi connectivity index (χ3v) is 5.88. The molecular weight excluding hydrogens is 380 g/mol. The van der Waals surface area contributed by atoms with E-state index in [1.54, 1.807) is 0 Å². The van der Waals surface area contributed by atoms with E-state index in [1.165, 1.54) is 11.8 Å². The van der Waals surface area contributed by atoms with Crippen molar-refractivity contribution in [3.63, 3.8) is 0 Å². The minimum Gasteiger partial charge on any atom is -0.388 e. The monoisotopic (exact) mass is 409 g/mol. The lowest BCUT2D eigenvalue weighted by molar-refractivity contribution is -0.120. The summed E-state index contributed by atoms with van der Waals surface area (Å²) in [6.07, 6.45) is 3.23. The van der Waals surface area contributed by atoms with E-state index in [1.807, 2.05) is 0 Å². The molecular formula is C21H29F2N3O3. The van der Waals surface area contributed by atoms with E-state index in [4.69, 9.17) is 0 Å². The van der Waals surface area contributed by atoms with E-state index < -0.39 is 23.1 Å². The van der Waals surface area contributed by atoms with Crippen LogP contribution in [0.3, 0.4) is 0 Å². The van der Waals surface area contributed by atoms with E-state index in [0.29, 0.717) is 38.9 Å². The third-order valence-electron chi connectivity index (χ3n) is 5.88. The second kappa shape index (κ2) is 9.17. The van der Waals surface area contributed by atoms with Crippen molar-refractivity contribution in [3.8, 4) is 0 Å². The van der Waals surface area contributed by atoms with Gasteiger partial charge in [0, 0.05) is 45.7 Å². The number of halogens is 2. The summed E-state index contributed by atoms with van der Waals surface area (Å²) in [5, 5.41) is 14.0. The van der Waals surface area contributed by atoms with Crippen molar-refractivity contribution in [2.45, 2.75) is 50.7 Å². The smallest absolute Gasteiger partial charge is 0.256 e. The Balaban J connectivity index is 1.55. The molecule has 2 N–H and O–H groups in total. The lowest BCUT2D eigenvalue weighted by Gasteiger charge is -2.38. The quantitative estimate of drug-likeness (QED) is 0.797. The number of β-amino-alcohol motifs (C(OH)–C–C–N with tert-alkyl or cyclic N) is 1. The number of carbonyl (C=O) groups excluding carboxylic acids is 2. The van der Waals surface area contributed by atoms with Crippen molar-refractivity contribution in [3.05, 3.63) is 35.4 Å². The number of likely N-dealkylation sites (tertiary alicyclic amines) is 2. The lowest BCUT2D eigenvalue weighted by Crippen LogP contribution is -2.50. The molecule has 2 heterocycles. The van der Waals surface area contributed by atoms with Gasteiger partial charge in [-0.15, -0.1) is 0 Å². The van der Waals surface area contributed by atoms with Gasteiger partial charge in [-0.2, -0.15) is 0 Å². The number of nitrogens with one attached hydrogen (secondary N) is 1. The zero-order valence-corrected chi connectivity index (χ0v) is 16.8. The summed E-state index contributed by atoms with van der Waals surface area (Å²) in [4.78, 5) is 27.5. The molecule has 6 nitrogen and oxygen atoms in total. The number of hydrogen-bond donors (Lipinski definition) is 2. The van der Waals surface area contributed by atoms with E-state index in [9.17, 15) is 23.5 Å². The number of carbonyl (C=O) groups is 2. The van der Waals surface area contributed by atoms with E-state index in [0.717, 1.165) is 44.1 Å². The predicted molar refractivity (Wildman–Crippen MR) is 104 cm³/mol. The second-order valence-electron chi connectivity index (χ2n) is 8.25. The molecule has 1 aromatic carbocycles. The molecule has 2 fully saturated rings. The molecule has 3 rings (SSSR count). The van der Waals surface area contributed by atoms with E-state index in [2.05, 4.69) is 10.2 Å². The summed E-state index contributed by atoms with van der Waals surface area (Å²) in [7, 11) is 0. The molecule has 0 bridgehead atoms. The zero-order valence-electron chi connectivity index (χ0n) is 16.8. The van der Waals surface area contributed by atoms with Crippen molar-refractivity contribution >= 4 is 11.8 Å². The van der Waals surface area contributed by atoms with Crippen LogP contribution in [0.2, 0.25) is 0 Å². The number of benzene rings is 1. The van der Waals surface area contributed by atoms with Crippen LogP contribution in [0.1, 0.15) is 49.4 Å². The molecule has 0 saturated carbocycles. The summed E-state index contributed by atoms with van der Waals surface area (Å²) >= 11 is 0. The molecule has 0 radical (unpaired) electrons. The number of hydrogen-bond acceptors (Lipinski definition) is 4. The summed E-state index contributed by atoms with van der Waals surface area (Å²) in [5.41, 5.74) is -1.19. The molecule has 0 aromatic heterocycles. The average molecular weight is 409 g/mol. The van der Waals surface area contributed by atoms with Crippen LogP contribution >= 0.6 is 0 Å². The Morgan fingerprint density at radius 2 is 1.90 bits per heavy atom. The molecule has 1 atom stereocenters. The maximum atomic E-state index is 14.0. The average Bonchev–Trinajstić information content (AvgIpc) is 2.86. The van der Waals surface area contributed by atoms with Gasteiger partial charge in [0.05, 0.1) is 11.2 Å². The fourth-order valence-corrected chi connectivity index (χ4v) is 4.31. The highest BCUT2D eigenvalue weighted by molar-refractivity contribution is 5.94. The first-order valence-electron chi connectivity index (χ1n) is 10.2. The summed E-state index contributed by atoms with van der Waals surface area (Å²) in [6.45, 7) is 4.32. The Hall–Kier alpha value is -2.06. The molecule has 0 spiro atoms. The highest BCUT2D eigenvalue weighted by Crippen LogP contribution is 2.26. The van der Waals surface area contributed by atoms with Crippen LogP contribution < -0.4 is 5.32 Å². The normalized spacial score (nSPS) is 24.2. The minimum absolute atomic E-state index is 0.0228. The van der Waals surface area contributed by atoms with Gasteiger partial charge in [0.1, 0.15) is 11.6 Å². The van der Waals surface area contributed by atoms with Crippen molar-refractivity contribution in [1.82, 2.24) is 15.1 Å². The van der Waals surface area contributed by atoms with Gasteiger partial charge in [-0.1, -0.05) is 0 Å². The summed E-state index contributed by atoms with van der Waals surface area (Å²) in [6, 6.07) is 3.05. The number of nitrogens with zero attached hydrogens (tertiary/aromatic N) is 2. The largest absolute Gasteiger partial charge is 0.388 e. The SMILES string of the molecule is CC(=O)NC1CCN(C[C@]2(O)CCCN(C(=O)c3cc(F)ccc3F)CC2)CC1. The van der Waals surface area contributed by atoms with Crippen LogP contribution in [0, 0.1) is 11.6 Å². The summed E-state index contributed by atoms with van der Waals surface area (Å²) in [5.74, 6) is -1.95. The highest BCUT2D eigenvalue weighted by atomic mass is 19.1. The highest BCUT2D eigenvalue weighted by Gasteiger charge is 2.35. The van der Waals surface area contributed by atoms with Crippen LogP contribution in [0.25, 0.3) is 0 Å². The predicted octanol–water partition coefficient (Wildman–Crippen LogP) is 1.92. The maximum absolute atomic E-state index is 14.0. The Bertz CT molecular complexity index is 753. The molecule has 2 aliphatic rings. The van der Waals surface area contributed by atoms with Gasteiger partial charge in [-0.3, -0.25) is 9.59 Å². The Kier molecular flexibility index (Phi) is 6.85. The lowest BCUT2D eigenvalue weighted by atomic mass is 9.93.